The van der Waals surface area contributed by atoms with Crippen molar-refractivity contribution in [1.82, 2.24) is 20.6 Å². The van der Waals surface area contributed by atoms with Crippen molar-refractivity contribution < 1.29 is 9.53 Å². The van der Waals surface area contributed by atoms with Crippen LogP contribution in [0.5, 0.6) is 5.75 Å². The second-order valence-electron chi connectivity index (χ2n) is 6.52. The Labute approximate surface area is 151 Å². The SMILES string of the molecule is Cc1ccc2c(c1)N(C(=O)Cc1cccc(-c3nn[nH]n3)c1)CC(C)O2. The Hall–Kier alpha value is -3.22. The van der Waals surface area contributed by atoms with E-state index < -0.39 is 0 Å². The fourth-order valence-electron chi connectivity index (χ4n) is 3.16. The smallest absolute Gasteiger partial charge is 0.231 e. The number of benzene rings is 2. The zero-order chi connectivity index (χ0) is 18.1. The number of nitrogens with one attached hydrogen (secondary N) is 1. The standard InChI is InChI=1S/C19H19N5O2/c1-12-6-7-17-16(8-12)24(11-13(2)26-17)18(25)10-14-4-3-5-15(9-14)19-20-22-23-21-19/h3-9,13H,10-11H2,1-2H3,(H,20,21,22,23). The molecule has 0 fully saturated rings. The molecule has 1 aromatic heterocycles. The van der Waals surface area contributed by atoms with E-state index in [2.05, 4.69) is 20.6 Å². The van der Waals surface area contributed by atoms with Crippen LogP contribution in [0.25, 0.3) is 11.4 Å². The number of aromatic nitrogens is 4. The Morgan fingerprint density at radius 1 is 1.31 bits per heavy atom. The lowest BCUT2D eigenvalue weighted by Crippen LogP contribution is -2.43. The zero-order valence-corrected chi connectivity index (χ0v) is 14.6. The molecule has 1 aliphatic rings. The molecule has 0 saturated heterocycles. The molecule has 1 amide bonds. The summed E-state index contributed by atoms with van der Waals surface area (Å²) in [6.07, 6.45) is 0.256. The summed E-state index contributed by atoms with van der Waals surface area (Å²) in [4.78, 5) is 14.8. The number of ether oxygens (including phenoxy) is 1. The van der Waals surface area contributed by atoms with Gasteiger partial charge in [-0.2, -0.15) is 5.21 Å². The highest BCUT2D eigenvalue weighted by atomic mass is 16.5. The number of aryl methyl sites for hydroxylation is 1. The molecular formula is C19H19N5O2. The number of hydrogen-bond donors (Lipinski definition) is 1. The summed E-state index contributed by atoms with van der Waals surface area (Å²) < 4.78 is 5.86. The van der Waals surface area contributed by atoms with E-state index in [9.17, 15) is 4.79 Å². The van der Waals surface area contributed by atoms with E-state index in [-0.39, 0.29) is 12.0 Å². The molecule has 0 radical (unpaired) electrons. The maximum Gasteiger partial charge on any atom is 0.231 e. The third kappa shape index (κ3) is 3.15. The fraction of sp³-hybridized carbons (Fsp3) is 0.263. The molecule has 0 spiro atoms. The molecule has 2 aromatic carbocycles. The quantitative estimate of drug-likeness (QED) is 0.785. The molecule has 0 bridgehead atoms. The monoisotopic (exact) mass is 349 g/mol. The van der Waals surface area contributed by atoms with Crippen molar-refractivity contribution in [1.29, 1.82) is 0 Å². The lowest BCUT2D eigenvalue weighted by Gasteiger charge is -2.33. The van der Waals surface area contributed by atoms with Crippen molar-refractivity contribution in [2.75, 3.05) is 11.4 Å². The van der Waals surface area contributed by atoms with Crippen LogP contribution in [0.2, 0.25) is 0 Å². The highest BCUT2D eigenvalue weighted by Crippen LogP contribution is 2.34. The summed E-state index contributed by atoms with van der Waals surface area (Å²) in [5.74, 6) is 1.31. The lowest BCUT2D eigenvalue weighted by atomic mass is 10.1. The predicted molar refractivity (Wildman–Crippen MR) is 96.9 cm³/mol. The topological polar surface area (TPSA) is 84.0 Å². The number of rotatable bonds is 3. The number of fused-ring (bicyclic) bond motifs is 1. The van der Waals surface area contributed by atoms with Crippen LogP contribution in [0.1, 0.15) is 18.1 Å². The van der Waals surface area contributed by atoms with E-state index in [0.717, 1.165) is 28.1 Å². The van der Waals surface area contributed by atoms with Gasteiger partial charge in [-0.15, -0.1) is 10.2 Å². The van der Waals surface area contributed by atoms with Crippen LogP contribution in [-0.4, -0.2) is 39.2 Å². The van der Waals surface area contributed by atoms with E-state index in [4.69, 9.17) is 4.74 Å². The molecule has 4 rings (SSSR count). The fourth-order valence-corrected chi connectivity index (χ4v) is 3.16. The third-order valence-corrected chi connectivity index (χ3v) is 4.36. The average molecular weight is 349 g/mol. The van der Waals surface area contributed by atoms with Gasteiger partial charge in [0.15, 0.2) is 0 Å². The summed E-state index contributed by atoms with van der Waals surface area (Å²) >= 11 is 0. The van der Waals surface area contributed by atoms with Gasteiger partial charge in [0.2, 0.25) is 11.7 Å². The van der Waals surface area contributed by atoms with Crippen LogP contribution in [0, 0.1) is 6.92 Å². The zero-order valence-electron chi connectivity index (χ0n) is 14.6. The molecule has 26 heavy (non-hydrogen) atoms. The predicted octanol–water partition coefficient (Wildman–Crippen LogP) is 2.53. The second-order valence-corrected chi connectivity index (χ2v) is 6.52. The molecule has 132 valence electrons. The Morgan fingerprint density at radius 3 is 3.00 bits per heavy atom. The molecule has 1 aliphatic heterocycles. The maximum atomic E-state index is 13.0. The minimum atomic E-state index is -0.0418. The van der Waals surface area contributed by atoms with Crippen molar-refractivity contribution in [3.8, 4) is 17.1 Å². The molecule has 1 atom stereocenters. The number of anilines is 1. The largest absolute Gasteiger partial charge is 0.487 e. The number of aromatic amines is 1. The molecule has 2 heterocycles. The first-order valence-corrected chi connectivity index (χ1v) is 8.50. The van der Waals surface area contributed by atoms with Crippen molar-refractivity contribution >= 4 is 11.6 Å². The van der Waals surface area contributed by atoms with E-state index in [0.29, 0.717) is 18.8 Å². The number of carbonyl (C=O) groups is 1. The number of nitrogens with zero attached hydrogens (tertiary/aromatic N) is 4. The Kier molecular flexibility index (Phi) is 4.12. The van der Waals surface area contributed by atoms with Gasteiger partial charge in [0.25, 0.3) is 0 Å². The first-order chi connectivity index (χ1) is 12.6. The first kappa shape index (κ1) is 16.3. The number of hydrogen-bond acceptors (Lipinski definition) is 5. The van der Waals surface area contributed by atoms with Crippen molar-refractivity contribution in [2.45, 2.75) is 26.4 Å². The van der Waals surface area contributed by atoms with Gasteiger partial charge in [-0.3, -0.25) is 4.79 Å². The van der Waals surface area contributed by atoms with E-state index in [1.807, 2.05) is 61.2 Å². The highest BCUT2D eigenvalue weighted by Gasteiger charge is 2.27. The first-order valence-electron chi connectivity index (χ1n) is 8.50. The third-order valence-electron chi connectivity index (χ3n) is 4.36. The van der Waals surface area contributed by atoms with Gasteiger partial charge in [0.05, 0.1) is 18.7 Å². The molecule has 7 heteroatoms. The van der Waals surface area contributed by atoms with Crippen LogP contribution < -0.4 is 9.64 Å². The van der Waals surface area contributed by atoms with Crippen molar-refractivity contribution in [3.05, 3.63) is 53.6 Å². The van der Waals surface area contributed by atoms with Gasteiger partial charge in [-0.1, -0.05) is 24.3 Å². The van der Waals surface area contributed by atoms with Gasteiger partial charge < -0.3 is 9.64 Å². The molecule has 1 N–H and O–H groups in total. The van der Waals surface area contributed by atoms with Gasteiger partial charge in [-0.05, 0) is 48.4 Å². The molecule has 3 aromatic rings. The van der Waals surface area contributed by atoms with Gasteiger partial charge in [0.1, 0.15) is 11.9 Å². The summed E-state index contributed by atoms with van der Waals surface area (Å²) in [7, 11) is 0. The number of H-pyrrole nitrogens is 1. The van der Waals surface area contributed by atoms with Crippen LogP contribution >= 0.6 is 0 Å². The van der Waals surface area contributed by atoms with Gasteiger partial charge in [-0.25, -0.2) is 0 Å². The van der Waals surface area contributed by atoms with Crippen LogP contribution in [0.4, 0.5) is 5.69 Å². The minimum Gasteiger partial charge on any atom is -0.487 e. The van der Waals surface area contributed by atoms with Crippen LogP contribution in [0.15, 0.2) is 42.5 Å². The Balaban J connectivity index is 1.59. The van der Waals surface area contributed by atoms with Gasteiger partial charge in [0, 0.05) is 5.56 Å². The van der Waals surface area contributed by atoms with Gasteiger partial charge >= 0.3 is 0 Å². The van der Waals surface area contributed by atoms with Crippen molar-refractivity contribution in [3.63, 3.8) is 0 Å². The molecule has 1 unspecified atom stereocenters. The molecule has 0 saturated carbocycles. The maximum absolute atomic E-state index is 13.0. The summed E-state index contributed by atoms with van der Waals surface area (Å²) in [6.45, 7) is 4.52. The summed E-state index contributed by atoms with van der Waals surface area (Å²) in [5, 5.41) is 14.0. The van der Waals surface area contributed by atoms with Crippen LogP contribution in [-0.2, 0) is 11.2 Å². The van der Waals surface area contributed by atoms with Crippen molar-refractivity contribution in [2.24, 2.45) is 0 Å². The normalized spacial score (nSPS) is 16.1. The molecule has 7 nitrogen and oxygen atoms in total. The van der Waals surface area contributed by atoms with E-state index in [1.165, 1.54) is 0 Å². The second kappa shape index (κ2) is 6.59. The summed E-state index contributed by atoms with van der Waals surface area (Å²) in [5.41, 5.74) is 3.67. The Bertz CT molecular complexity index is 939. The summed E-state index contributed by atoms with van der Waals surface area (Å²) in [6, 6.07) is 13.6. The minimum absolute atomic E-state index is 0.0391. The average Bonchev–Trinajstić information content (AvgIpc) is 3.16. The number of tetrazole rings is 1. The molecular weight excluding hydrogens is 330 g/mol. The lowest BCUT2D eigenvalue weighted by molar-refractivity contribution is -0.118. The van der Waals surface area contributed by atoms with E-state index in [1.54, 1.807) is 0 Å². The van der Waals surface area contributed by atoms with Crippen LogP contribution in [0.3, 0.4) is 0 Å². The Morgan fingerprint density at radius 2 is 2.19 bits per heavy atom. The number of carbonyl (C=O) groups excluding carboxylic acids is 1. The van der Waals surface area contributed by atoms with E-state index >= 15 is 0 Å². The molecule has 0 aliphatic carbocycles. The number of amides is 1. The highest BCUT2D eigenvalue weighted by molar-refractivity contribution is 5.96.